The summed E-state index contributed by atoms with van der Waals surface area (Å²) in [5.41, 5.74) is -0.565. The second-order valence-corrected chi connectivity index (χ2v) is 4.17. The van der Waals surface area contributed by atoms with Gasteiger partial charge in [-0.1, -0.05) is 0 Å². The topological polar surface area (TPSA) is 35.5 Å². The van der Waals surface area contributed by atoms with Gasteiger partial charge in [0.1, 0.15) is 5.60 Å². The van der Waals surface area contributed by atoms with Crippen LogP contribution in [0.1, 0.15) is 39.0 Å². The highest BCUT2D eigenvalue weighted by molar-refractivity contribution is 6.00. The highest BCUT2D eigenvalue weighted by atomic mass is 16.5. The predicted molar refractivity (Wildman–Crippen MR) is 56.5 cm³/mol. The molecule has 0 spiro atoms. The molecule has 0 N–H and O–H groups in total. The molecule has 84 valence electrons. The zero-order valence-corrected chi connectivity index (χ0v) is 9.25. The molecule has 0 aromatic rings. The van der Waals surface area contributed by atoms with Crippen molar-refractivity contribution in [2.75, 3.05) is 13.2 Å². The van der Waals surface area contributed by atoms with Gasteiger partial charge >= 0.3 is 0 Å². The van der Waals surface area contributed by atoms with E-state index < -0.39 is 5.60 Å². The van der Waals surface area contributed by atoms with Crippen molar-refractivity contribution >= 4 is 5.78 Å². The van der Waals surface area contributed by atoms with Gasteiger partial charge in [-0.15, -0.1) is 0 Å². The average Bonchev–Trinajstić information content (AvgIpc) is 2.88. The maximum atomic E-state index is 12.2. The molecule has 2 rings (SSSR count). The van der Waals surface area contributed by atoms with Crippen LogP contribution in [0, 0.1) is 0 Å². The van der Waals surface area contributed by atoms with Crippen LogP contribution in [-0.4, -0.2) is 24.6 Å². The van der Waals surface area contributed by atoms with E-state index in [4.69, 9.17) is 9.47 Å². The average molecular weight is 210 g/mol. The molecule has 3 nitrogen and oxygen atoms in total. The molecule has 1 aliphatic heterocycles. The van der Waals surface area contributed by atoms with E-state index in [2.05, 4.69) is 0 Å². The van der Waals surface area contributed by atoms with Gasteiger partial charge in [0.15, 0.2) is 5.76 Å². The van der Waals surface area contributed by atoms with Gasteiger partial charge in [-0.2, -0.15) is 0 Å². The van der Waals surface area contributed by atoms with E-state index in [1.165, 1.54) is 0 Å². The molecule has 2 aliphatic rings. The Morgan fingerprint density at radius 2 is 2.27 bits per heavy atom. The Labute approximate surface area is 90.4 Å². The smallest absolute Gasteiger partial charge is 0.228 e. The fraction of sp³-hybridized carbons (Fsp3) is 0.750. The Hall–Kier alpha value is -0.830. The molecular weight excluding hydrogens is 192 g/mol. The molecule has 0 aromatic carbocycles. The van der Waals surface area contributed by atoms with Gasteiger partial charge < -0.3 is 9.47 Å². The van der Waals surface area contributed by atoms with Gasteiger partial charge in [0.25, 0.3) is 0 Å². The molecule has 0 saturated heterocycles. The van der Waals surface area contributed by atoms with E-state index in [9.17, 15) is 4.79 Å². The largest absolute Gasteiger partial charge is 0.490 e. The van der Waals surface area contributed by atoms with Crippen molar-refractivity contribution in [1.82, 2.24) is 0 Å². The summed E-state index contributed by atoms with van der Waals surface area (Å²) >= 11 is 0. The predicted octanol–water partition coefficient (Wildman–Crippen LogP) is 2.21. The molecular formula is C12H18O3. The van der Waals surface area contributed by atoms with Gasteiger partial charge in [-0.3, -0.25) is 4.79 Å². The first-order valence-electron chi connectivity index (χ1n) is 5.80. The maximum absolute atomic E-state index is 12.2. The molecule has 0 radical (unpaired) electrons. The van der Waals surface area contributed by atoms with Crippen LogP contribution in [0.15, 0.2) is 11.8 Å². The number of rotatable bonds is 4. The summed E-state index contributed by atoms with van der Waals surface area (Å²) < 4.78 is 11.0. The molecule has 1 saturated carbocycles. The van der Waals surface area contributed by atoms with Crippen LogP contribution < -0.4 is 0 Å². The van der Waals surface area contributed by atoms with E-state index in [1.54, 1.807) is 0 Å². The van der Waals surface area contributed by atoms with E-state index in [1.807, 2.05) is 13.0 Å². The molecule has 0 unspecified atom stereocenters. The number of hydrogen-bond acceptors (Lipinski definition) is 3. The Kier molecular flexibility index (Phi) is 3.10. The van der Waals surface area contributed by atoms with Crippen molar-refractivity contribution in [2.45, 2.75) is 44.6 Å². The zero-order chi connectivity index (χ0) is 10.7. The normalized spacial score (nSPS) is 23.7. The third-order valence-corrected chi connectivity index (χ3v) is 3.17. The number of ether oxygens (including phenoxy) is 2. The molecule has 1 heterocycles. The molecule has 0 aromatic heterocycles. The number of carbonyl (C=O) groups is 1. The summed E-state index contributed by atoms with van der Waals surface area (Å²) in [4.78, 5) is 12.2. The molecule has 1 aliphatic carbocycles. The summed E-state index contributed by atoms with van der Waals surface area (Å²) in [7, 11) is 0. The van der Waals surface area contributed by atoms with Crippen LogP contribution in [0.2, 0.25) is 0 Å². The Balaban J connectivity index is 2.13. The Morgan fingerprint density at radius 1 is 1.53 bits per heavy atom. The minimum Gasteiger partial charge on any atom is -0.490 e. The van der Waals surface area contributed by atoms with Crippen molar-refractivity contribution in [3.63, 3.8) is 0 Å². The van der Waals surface area contributed by atoms with E-state index in [0.29, 0.717) is 19.0 Å². The number of ketones is 1. The number of hydrogen-bond donors (Lipinski definition) is 0. The van der Waals surface area contributed by atoms with E-state index in [-0.39, 0.29) is 5.78 Å². The van der Waals surface area contributed by atoms with Gasteiger partial charge in [0, 0.05) is 13.0 Å². The lowest BCUT2D eigenvalue weighted by atomic mass is 9.94. The second kappa shape index (κ2) is 4.35. The highest BCUT2D eigenvalue weighted by Crippen LogP contribution is 2.36. The third kappa shape index (κ3) is 1.93. The minimum absolute atomic E-state index is 0.0688. The summed E-state index contributed by atoms with van der Waals surface area (Å²) in [5, 5.41) is 0. The van der Waals surface area contributed by atoms with Crippen molar-refractivity contribution in [3.8, 4) is 0 Å². The first-order valence-corrected chi connectivity index (χ1v) is 5.80. The summed E-state index contributed by atoms with van der Waals surface area (Å²) in [6.45, 7) is 3.18. The first kappa shape index (κ1) is 10.7. The molecule has 15 heavy (non-hydrogen) atoms. The standard InChI is InChI=1S/C12H18O3/c1-2-15-12(7-3-4-8-12)11(13)10-6-5-9-14-10/h6H,2-5,7-9H2,1H3. The highest BCUT2D eigenvalue weighted by Gasteiger charge is 2.44. The summed E-state index contributed by atoms with van der Waals surface area (Å²) in [6, 6.07) is 0. The molecule has 1 fully saturated rings. The van der Waals surface area contributed by atoms with Gasteiger partial charge in [-0.05, 0) is 38.7 Å². The fourth-order valence-corrected chi connectivity index (χ4v) is 2.46. The maximum Gasteiger partial charge on any atom is 0.228 e. The van der Waals surface area contributed by atoms with Crippen LogP contribution in [-0.2, 0) is 14.3 Å². The third-order valence-electron chi connectivity index (χ3n) is 3.17. The van der Waals surface area contributed by atoms with Crippen molar-refractivity contribution in [1.29, 1.82) is 0 Å². The van der Waals surface area contributed by atoms with Gasteiger partial charge in [-0.25, -0.2) is 0 Å². The quantitative estimate of drug-likeness (QED) is 0.713. The minimum atomic E-state index is -0.565. The Morgan fingerprint density at radius 3 is 2.80 bits per heavy atom. The monoisotopic (exact) mass is 210 g/mol. The van der Waals surface area contributed by atoms with Crippen LogP contribution in [0.4, 0.5) is 0 Å². The van der Waals surface area contributed by atoms with Crippen LogP contribution in [0.5, 0.6) is 0 Å². The van der Waals surface area contributed by atoms with Crippen LogP contribution >= 0.6 is 0 Å². The molecule has 0 atom stereocenters. The van der Waals surface area contributed by atoms with Crippen molar-refractivity contribution in [2.24, 2.45) is 0 Å². The van der Waals surface area contributed by atoms with E-state index in [0.717, 1.165) is 32.1 Å². The summed E-state index contributed by atoms with van der Waals surface area (Å²) in [5.74, 6) is 0.602. The zero-order valence-electron chi connectivity index (χ0n) is 9.25. The van der Waals surface area contributed by atoms with Crippen molar-refractivity contribution in [3.05, 3.63) is 11.8 Å². The van der Waals surface area contributed by atoms with Crippen LogP contribution in [0.3, 0.4) is 0 Å². The summed E-state index contributed by atoms with van der Waals surface area (Å²) in [6.07, 6.45) is 6.60. The van der Waals surface area contributed by atoms with Crippen LogP contribution in [0.25, 0.3) is 0 Å². The van der Waals surface area contributed by atoms with Gasteiger partial charge in [0.2, 0.25) is 5.78 Å². The van der Waals surface area contributed by atoms with Crippen molar-refractivity contribution < 1.29 is 14.3 Å². The molecule has 3 heteroatoms. The Bertz CT molecular complexity index is 275. The number of Topliss-reactive ketones (excluding diaryl/α,β-unsaturated/α-hetero) is 1. The molecule has 0 amide bonds. The second-order valence-electron chi connectivity index (χ2n) is 4.17. The number of carbonyl (C=O) groups excluding carboxylic acids is 1. The lowest BCUT2D eigenvalue weighted by Gasteiger charge is -2.27. The lowest BCUT2D eigenvalue weighted by molar-refractivity contribution is -0.142. The molecule has 0 bridgehead atoms. The lowest BCUT2D eigenvalue weighted by Crippen LogP contribution is -2.40. The fourth-order valence-electron chi connectivity index (χ4n) is 2.46. The SMILES string of the molecule is CCOC1(C(=O)C2=CCCO2)CCCC1. The van der Waals surface area contributed by atoms with E-state index >= 15 is 0 Å². The van der Waals surface area contributed by atoms with Gasteiger partial charge in [0.05, 0.1) is 6.61 Å². The first-order chi connectivity index (χ1) is 7.28.